The Morgan fingerprint density at radius 1 is 0.880 bits per heavy atom. The van der Waals surface area contributed by atoms with Crippen LogP contribution in [0.3, 0.4) is 0 Å². The minimum absolute atomic E-state index is 0.373. The lowest BCUT2D eigenvalue weighted by Crippen LogP contribution is -2.45. The summed E-state index contributed by atoms with van der Waals surface area (Å²) in [5.74, 6) is 0. The van der Waals surface area contributed by atoms with Crippen molar-refractivity contribution in [2.75, 3.05) is 0 Å². The van der Waals surface area contributed by atoms with Crippen LogP contribution in [0.1, 0.15) is 79.6 Å². The van der Waals surface area contributed by atoms with Gasteiger partial charge in [0.15, 0.2) is 0 Å². The first-order valence-electron chi connectivity index (χ1n) is 8.93. The molecule has 0 aromatic rings. The molecule has 0 aliphatic heterocycles. The van der Waals surface area contributed by atoms with Crippen LogP contribution in [0.15, 0.2) is 0 Å². The molecule has 0 spiro atoms. The van der Waals surface area contributed by atoms with Crippen LogP contribution >= 0.6 is 0 Å². The Morgan fingerprint density at radius 2 is 1.32 bits per heavy atom. The molecule has 4 unspecified atom stereocenters. The minimum Gasteiger partial charge on any atom is -0.379 e. The zero-order valence-electron chi connectivity index (χ0n) is 16.1. The minimum atomic E-state index is -4.28. The van der Waals surface area contributed by atoms with Crippen molar-refractivity contribution < 1.29 is 32.5 Å². The molecular formula is C16H37NO7S. The van der Waals surface area contributed by atoms with Crippen LogP contribution in [-0.4, -0.2) is 58.0 Å². The zero-order valence-corrected chi connectivity index (χ0v) is 16.9. The largest absolute Gasteiger partial charge is 0.397 e. The first-order valence-corrected chi connectivity index (χ1v) is 10.3. The van der Waals surface area contributed by atoms with Crippen molar-refractivity contribution >= 4 is 10.4 Å². The van der Waals surface area contributed by atoms with Crippen molar-refractivity contribution in [1.29, 1.82) is 0 Å². The molecule has 4 N–H and O–H groups in total. The lowest BCUT2D eigenvalue weighted by Gasteiger charge is -2.30. The highest BCUT2D eigenvalue weighted by atomic mass is 32.3. The molecule has 0 rings (SSSR count). The van der Waals surface area contributed by atoms with Gasteiger partial charge in [-0.25, -0.2) is 9.08 Å². The number of nitrogens with zero attached hydrogens (tertiary/aromatic N) is 1. The molecule has 0 fully saturated rings. The topological polar surface area (TPSA) is 128 Å². The number of unbranched alkanes of at least 4 members (excludes halogenated alkanes) is 4. The predicted molar refractivity (Wildman–Crippen MR) is 97.0 cm³/mol. The van der Waals surface area contributed by atoms with E-state index in [2.05, 4.69) is 11.1 Å². The molecule has 154 valence electrons. The monoisotopic (exact) mass is 387 g/mol. The Morgan fingerprint density at radius 3 is 1.60 bits per heavy atom. The second-order valence-electron chi connectivity index (χ2n) is 6.10. The van der Waals surface area contributed by atoms with Crippen LogP contribution in [0.5, 0.6) is 0 Å². The standard InChI is InChI=1S/C10H22O4S.C6H15NO3/c1-3-5-6-7-8-9-10(4-2)14-15(11,12)13;1-4(8)7(5(2)9)6(3)10/h10H,3-9H2,1-2H3,(H,11,12,13);4-6,8-10H,1-3H3. The Kier molecular flexibility index (Phi) is 16.0. The summed E-state index contributed by atoms with van der Waals surface area (Å²) in [6.07, 6.45) is 4.07. The van der Waals surface area contributed by atoms with Crippen molar-refractivity contribution in [2.24, 2.45) is 0 Å². The number of aliphatic hydroxyl groups is 3. The second-order valence-corrected chi connectivity index (χ2v) is 7.15. The lowest BCUT2D eigenvalue weighted by molar-refractivity contribution is -0.159. The molecule has 0 aromatic carbocycles. The van der Waals surface area contributed by atoms with Gasteiger partial charge in [-0.3, -0.25) is 4.55 Å². The van der Waals surface area contributed by atoms with Crippen LogP contribution in [-0.2, 0) is 14.6 Å². The fraction of sp³-hybridized carbons (Fsp3) is 1.00. The maximum absolute atomic E-state index is 10.5. The summed E-state index contributed by atoms with van der Waals surface area (Å²) in [5.41, 5.74) is 0. The highest BCUT2D eigenvalue weighted by Gasteiger charge is 2.20. The molecule has 0 aliphatic rings. The summed E-state index contributed by atoms with van der Waals surface area (Å²) >= 11 is 0. The Bertz CT molecular complexity index is 380. The van der Waals surface area contributed by atoms with Crippen molar-refractivity contribution in [1.82, 2.24) is 4.90 Å². The van der Waals surface area contributed by atoms with E-state index in [-0.39, 0.29) is 6.10 Å². The maximum Gasteiger partial charge on any atom is 0.397 e. The molecule has 8 nitrogen and oxygen atoms in total. The number of hydrogen-bond acceptors (Lipinski definition) is 7. The van der Waals surface area contributed by atoms with Gasteiger partial charge in [0.25, 0.3) is 0 Å². The van der Waals surface area contributed by atoms with Crippen LogP contribution in [0, 0.1) is 0 Å². The predicted octanol–water partition coefficient (Wildman–Crippen LogP) is 2.25. The van der Waals surface area contributed by atoms with E-state index in [1.54, 1.807) is 0 Å². The van der Waals surface area contributed by atoms with E-state index in [0.29, 0.717) is 12.8 Å². The fourth-order valence-electron chi connectivity index (χ4n) is 2.40. The molecule has 4 atom stereocenters. The second kappa shape index (κ2) is 14.8. The molecule has 0 radical (unpaired) electrons. The van der Waals surface area contributed by atoms with Gasteiger partial charge >= 0.3 is 10.4 Å². The Hall–Kier alpha value is -0.290. The van der Waals surface area contributed by atoms with Gasteiger partial charge < -0.3 is 15.3 Å². The molecule has 0 saturated carbocycles. The first kappa shape index (κ1) is 26.9. The number of aliphatic hydroxyl groups excluding tert-OH is 3. The fourth-order valence-corrected chi connectivity index (χ4v) is 2.98. The van der Waals surface area contributed by atoms with Crippen molar-refractivity contribution in [3.63, 3.8) is 0 Å². The lowest BCUT2D eigenvalue weighted by atomic mass is 10.1. The van der Waals surface area contributed by atoms with Crippen LogP contribution in [0.2, 0.25) is 0 Å². The number of rotatable bonds is 12. The van der Waals surface area contributed by atoms with E-state index in [0.717, 1.165) is 12.8 Å². The van der Waals surface area contributed by atoms with Crippen LogP contribution in [0.4, 0.5) is 0 Å². The Balaban J connectivity index is 0. The van der Waals surface area contributed by atoms with E-state index in [1.165, 1.54) is 44.9 Å². The molecule has 0 bridgehead atoms. The van der Waals surface area contributed by atoms with Gasteiger partial charge in [-0.1, -0.05) is 46.0 Å². The van der Waals surface area contributed by atoms with Gasteiger partial charge in [0, 0.05) is 0 Å². The van der Waals surface area contributed by atoms with Crippen LogP contribution < -0.4 is 0 Å². The molecule has 9 heteroatoms. The van der Waals surface area contributed by atoms with Gasteiger partial charge in [-0.05, 0) is 33.6 Å². The van der Waals surface area contributed by atoms with Gasteiger partial charge in [0.1, 0.15) is 18.7 Å². The normalized spacial score (nSPS) is 16.7. The highest BCUT2D eigenvalue weighted by molar-refractivity contribution is 7.80. The molecule has 0 heterocycles. The zero-order chi connectivity index (χ0) is 20.0. The molecule has 25 heavy (non-hydrogen) atoms. The van der Waals surface area contributed by atoms with E-state index in [1.807, 2.05) is 6.92 Å². The molecular weight excluding hydrogens is 350 g/mol. The van der Waals surface area contributed by atoms with Crippen molar-refractivity contribution in [3.05, 3.63) is 0 Å². The van der Waals surface area contributed by atoms with E-state index in [9.17, 15) is 8.42 Å². The summed E-state index contributed by atoms with van der Waals surface area (Å²) in [4.78, 5) is 1.17. The summed E-state index contributed by atoms with van der Waals surface area (Å²) in [7, 11) is -4.28. The maximum atomic E-state index is 10.5. The van der Waals surface area contributed by atoms with E-state index >= 15 is 0 Å². The van der Waals surface area contributed by atoms with Gasteiger partial charge in [-0.15, -0.1) is 0 Å². The van der Waals surface area contributed by atoms with Crippen LogP contribution in [0.25, 0.3) is 0 Å². The van der Waals surface area contributed by atoms with Crippen molar-refractivity contribution in [2.45, 2.75) is 104 Å². The Labute approximate surface area is 152 Å². The van der Waals surface area contributed by atoms with Gasteiger partial charge in [0.2, 0.25) is 0 Å². The summed E-state index contributed by atoms with van der Waals surface area (Å²) in [6, 6.07) is 0. The highest BCUT2D eigenvalue weighted by Crippen LogP contribution is 2.13. The third kappa shape index (κ3) is 16.9. The number of hydrogen-bond donors (Lipinski definition) is 4. The van der Waals surface area contributed by atoms with Crippen molar-refractivity contribution in [3.8, 4) is 0 Å². The summed E-state index contributed by atoms with van der Waals surface area (Å²) in [6.45, 7) is 8.45. The smallest absolute Gasteiger partial charge is 0.379 e. The molecule has 0 aliphatic carbocycles. The summed E-state index contributed by atoms with van der Waals surface area (Å²) in [5, 5.41) is 26.9. The first-order chi connectivity index (χ1) is 11.5. The average Bonchev–Trinajstić information content (AvgIpc) is 2.43. The summed E-state index contributed by atoms with van der Waals surface area (Å²) < 4.78 is 34.0. The molecule has 0 amide bonds. The molecule has 0 aromatic heterocycles. The van der Waals surface area contributed by atoms with E-state index in [4.69, 9.17) is 19.9 Å². The van der Waals surface area contributed by atoms with Gasteiger partial charge in [-0.2, -0.15) is 8.42 Å². The third-order valence-corrected chi connectivity index (χ3v) is 4.15. The average molecular weight is 388 g/mol. The van der Waals surface area contributed by atoms with E-state index < -0.39 is 29.1 Å². The third-order valence-electron chi connectivity index (χ3n) is 3.64. The SMILES string of the molecule is CC(O)N(C(C)O)C(C)O.CCCCCCCC(CC)OS(=O)(=O)O. The molecule has 0 saturated heterocycles. The quantitative estimate of drug-likeness (QED) is 0.228. The van der Waals surface area contributed by atoms with Gasteiger partial charge in [0.05, 0.1) is 6.10 Å².